The Hall–Kier alpha value is -1.41. The van der Waals surface area contributed by atoms with Gasteiger partial charge in [0.2, 0.25) is 5.82 Å². The quantitative estimate of drug-likeness (QED) is 0.862. The first-order chi connectivity index (χ1) is 8.50. The van der Waals surface area contributed by atoms with Crippen molar-refractivity contribution in [2.75, 3.05) is 13.7 Å². The van der Waals surface area contributed by atoms with Gasteiger partial charge in [-0.05, 0) is 12.1 Å². The average molecular weight is 278 g/mol. The van der Waals surface area contributed by atoms with E-state index < -0.39 is 12.1 Å². The van der Waals surface area contributed by atoms with E-state index in [-0.39, 0.29) is 5.82 Å². The van der Waals surface area contributed by atoms with Crippen molar-refractivity contribution in [3.05, 3.63) is 22.9 Å². The highest BCUT2D eigenvalue weighted by Crippen LogP contribution is 2.31. The molecule has 0 aromatic carbocycles. The summed E-state index contributed by atoms with van der Waals surface area (Å²) in [5, 5.41) is 3.32. The van der Waals surface area contributed by atoms with Gasteiger partial charge in [0, 0.05) is 18.4 Å². The molecule has 0 saturated heterocycles. The molecule has 2 aromatic heterocycles. The third kappa shape index (κ3) is 2.88. The number of alkyl halides is 3. The molecular formula is C10H9F3N2O2S. The number of thiophene rings is 1. The van der Waals surface area contributed by atoms with E-state index in [0.717, 1.165) is 4.88 Å². The second-order valence-electron chi connectivity index (χ2n) is 3.43. The predicted octanol–water partition coefficient (Wildman–Crippen LogP) is 3.01. The molecule has 18 heavy (non-hydrogen) atoms. The molecule has 0 N–H and O–H groups in total. The van der Waals surface area contributed by atoms with Crippen LogP contribution in [0.2, 0.25) is 0 Å². The normalized spacial score (nSPS) is 12.0. The van der Waals surface area contributed by atoms with Crippen molar-refractivity contribution < 1.29 is 22.4 Å². The predicted molar refractivity (Wildman–Crippen MR) is 58.2 cm³/mol. The van der Waals surface area contributed by atoms with Gasteiger partial charge in [-0.3, -0.25) is 0 Å². The molecule has 0 unspecified atom stereocenters. The third-order valence-corrected chi connectivity index (χ3v) is 3.24. The van der Waals surface area contributed by atoms with Crippen LogP contribution in [0.4, 0.5) is 13.2 Å². The minimum Gasteiger partial charge on any atom is -0.384 e. The molecule has 0 aliphatic heterocycles. The maximum absolute atomic E-state index is 12.3. The number of ether oxygens (including phenoxy) is 1. The summed E-state index contributed by atoms with van der Waals surface area (Å²) in [4.78, 5) is 4.85. The summed E-state index contributed by atoms with van der Waals surface area (Å²) in [7, 11) is 1.59. The summed E-state index contributed by atoms with van der Waals surface area (Å²) >= 11 is 1.32. The van der Waals surface area contributed by atoms with Crippen LogP contribution in [0.5, 0.6) is 0 Å². The molecule has 0 aliphatic rings. The van der Waals surface area contributed by atoms with E-state index >= 15 is 0 Å². The van der Waals surface area contributed by atoms with Crippen LogP contribution in [0.1, 0.15) is 10.8 Å². The molecule has 2 heterocycles. The summed E-state index contributed by atoms with van der Waals surface area (Å²) in [6.07, 6.45) is -3.91. The van der Waals surface area contributed by atoms with Gasteiger partial charge < -0.3 is 9.26 Å². The minimum absolute atomic E-state index is 0.0454. The molecule has 0 amide bonds. The number of rotatable bonds is 4. The third-order valence-electron chi connectivity index (χ3n) is 2.10. The number of hydrogen-bond donors (Lipinski definition) is 0. The van der Waals surface area contributed by atoms with Crippen molar-refractivity contribution in [3.8, 4) is 10.7 Å². The van der Waals surface area contributed by atoms with Crippen molar-refractivity contribution >= 4 is 11.3 Å². The standard InChI is InChI=1S/C10H9F3N2O2S/c1-16-5-4-6-2-3-7(18-6)8-14-9(17-15-8)10(11,12)13/h2-3H,4-5H2,1H3. The maximum atomic E-state index is 12.3. The first-order valence-electron chi connectivity index (χ1n) is 4.99. The Morgan fingerprint density at radius 2 is 2.17 bits per heavy atom. The van der Waals surface area contributed by atoms with Gasteiger partial charge in [-0.2, -0.15) is 18.2 Å². The van der Waals surface area contributed by atoms with Gasteiger partial charge in [0.1, 0.15) is 0 Å². The Kier molecular flexibility index (Phi) is 3.67. The highest BCUT2D eigenvalue weighted by Gasteiger charge is 2.38. The maximum Gasteiger partial charge on any atom is 0.471 e. The van der Waals surface area contributed by atoms with Crippen LogP contribution >= 0.6 is 11.3 Å². The molecule has 0 radical (unpaired) electrons. The molecule has 0 aliphatic carbocycles. The summed E-state index contributed by atoms with van der Waals surface area (Å²) in [6, 6.07) is 3.48. The van der Waals surface area contributed by atoms with Crippen LogP contribution in [0.3, 0.4) is 0 Å². The van der Waals surface area contributed by atoms with Crippen LogP contribution < -0.4 is 0 Å². The second kappa shape index (κ2) is 5.07. The Bertz CT molecular complexity index is 521. The van der Waals surface area contributed by atoms with Gasteiger partial charge in [0.05, 0.1) is 11.5 Å². The molecule has 8 heteroatoms. The fourth-order valence-electron chi connectivity index (χ4n) is 1.27. The Labute approximate surface area is 104 Å². The van der Waals surface area contributed by atoms with Gasteiger partial charge in [-0.1, -0.05) is 5.16 Å². The van der Waals surface area contributed by atoms with Gasteiger partial charge >= 0.3 is 12.1 Å². The van der Waals surface area contributed by atoms with E-state index in [9.17, 15) is 13.2 Å². The average Bonchev–Trinajstić information content (AvgIpc) is 2.93. The summed E-state index contributed by atoms with van der Waals surface area (Å²) in [5.74, 6) is -1.37. The highest BCUT2D eigenvalue weighted by atomic mass is 32.1. The summed E-state index contributed by atoms with van der Waals surface area (Å²) in [5.41, 5.74) is 0. The van der Waals surface area contributed by atoms with Crippen molar-refractivity contribution in [1.82, 2.24) is 10.1 Å². The van der Waals surface area contributed by atoms with Crippen LogP contribution in [0.25, 0.3) is 10.7 Å². The molecule has 0 fully saturated rings. The van der Waals surface area contributed by atoms with Gasteiger partial charge in [-0.25, -0.2) is 0 Å². The molecule has 2 aromatic rings. The molecule has 98 valence electrons. The smallest absolute Gasteiger partial charge is 0.384 e. The lowest BCUT2D eigenvalue weighted by atomic mass is 10.3. The first-order valence-corrected chi connectivity index (χ1v) is 5.81. The molecule has 0 bridgehead atoms. The van der Waals surface area contributed by atoms with Gasteiger partial charge in [0.15, 0.2) is 0 Å². The van der Waals surface area contributed by atoms with Crippen molar-refractivity contribution in [3.63, 3.8) is 0 Å². The van der Waals surface area contributed by atoms with E-state index in [1.54, 1.807) is 13.2 Å². The lowest BCUT2D eigenvalue weighted by molar-refractivity contribution is -0.159. The lowest BCUT2D eigenvalue weighted by Crippen LogP contribution is -2.04. The number of hydrogen-bond acceptors (Lipinski definition) is 5. The molecule has 0 atom stereocenters. The molecular weight excluding hydrogens is 269 g/mol. The van der Waals surface area contributed by atoms with Gasteiger partial charge in [0.25, 0.3) is 0 Å². The van der Waals surface area contributed by atoms with Crippen molar-refractivity contribution in [2.45, 2.75) is 12.6 Å². The topological polar surface area (TPSA) is 48.2 Å². The number of methoxy groups -OCH3 is 1. The second-order valence-corrected chi connectivity index (χ2v) is 4.60. The first kappa shape index (κ1) is 13.0. The van der Waals surface area contributed by atoms with E-state index in [1.807, 2.05) is 6.07 Å². The van der Waals surface area contributed by atoms with E-state index in [4.69, 9.17) is 4.74 Å². The van der Waals surface area contributed by atoms with Crippen molar-refractivity contribution in [1.29, 1.82) is 0 Å². The number of halogens is 3. The van der Waals surface area contributed by atoms with E-state index in [1.165, 1.54) is 11.3 Å². The van der Waals surface area contributed by atoms with Crippen molar-refractivity contribution in [2.24, 2.45) is 0 Å². The number of aromatic nitrogens is 2. The van der Waals surface area contributed by atoms with E-state index in [2.05, 4.69) is 14.7 Å². The lowest BCUT2D eigenvalue weighted by Gasteiger charge is -1.95. The number of nitrogens with zero attached hydrogens (tertiary/aromatic N) is 2. The fourth-order valence-corrected chi connectivity index (χ4v) is 2.19. The minimum atomic E-state index is -4.61. The molecule has 0 saturated carbocycles. The van der Waals surface area contributed by atoms with Crippen LogP contribution in [-0.4, -0.2) is 23.9 Å². The summed E-state index contributed by atoms with van der Waals surface area (Å²) < 4.78 is 45.9. The molecule has 4 nitrogen and oxygen atoms in total. The van der Waals surface area contributed by atoms with Gasteiger partial charge in [-0.15, -0.1) is 11.3 Å². The zero-order valence-corrected chi connectivity index (χ0v) is 10.1. The molecule has 2 rings (SSSR count). The monoisotopic (exact) mass is 278 g/mol. The Morgan fingerprint density at radius 1 is 1.39 bits per heavy atom. The Balaban J connectivity index is 2.16. The zero-order valence-electron chi connectivity index (χ0n) is 9.32. The highest BCUT2D eigenvalue weighted by molar-refractivity contribution is 7.15. The SMILES string of the molecule is COCCc1ccc(-c2noc(C(F)(F)F)n2)s1. The van der Waals surface area contributed by atoms with Crippen LogP contribution in [-0.2, 0) is 17.3 Å². The summed E-state index contributed by atoms with van der Waals surface area (Å²) in [6.45, 7) is 0.556. The zero-order chi connectivity index (χ0) is 13.2. The van der Waals surface area contributed by atoms with E-state index in [0.29, 0.717) is 17.9 Å². The largest absolute Gasteiger partial charge is 0.471 e. The molecule has 0 spiro atoms. The Morgan fingerprint density at radius 3 is 2.78 bits per heavy atom. The fraction of sp³-hybridized carbons (Fsp3) is 0.400. The van der Waals surface area contributed by atoms with Crippen LogP contribution in [0.15, 0.2) is 16.7 Å². The van der Waals surface area contributed by atoms with Crippen LogP contribution in [0, 0.1) is 0 Å².